The van der Waals surface area contributed by atoms with Gasteiger partial charge in [0.2, 0.25) is 15.8 Å². The van der Waals surface area contributed by atoms with Crippen LogP contribution in [0, 0.1) is 11.7 Å². The number of ether oxygens (including phenoxy) is 3. The van der Waals surface area contributed by atoms with E-state index in [9.17, 15) is 17.6 Å². The summed E-state index contributed by atoms with van der Waals surface area (Å²) in [5.74, 6) is -1.44. The lowest BCUT2D eigenvalue weighted by Crippen LogP contribution is -2.66. The highest BCUT2D eigenvalue weighted by molar-refractivity contribution is 7.89. The van der Waals surface area contributed by atoms with Crippen molar-refractivity contribution in [1.82, 2.24) is 9.21 Å². The fourth-order valence-corrected chi connectivity index (χ4v) is 7.56. The van der Waals surface area contributed by atoms with Gasteiger partial charge in [0.25, 0.3) is 0 Å². The number of carbonyl (C=O) groups is 1. The molecule has 194 valence electrons. The molecule has 3 aliphatic heterocycles. The van der Waals surface area contributed by atoms with Crippen LogP contribution in [0.15, 0.2) is 47.4 Å². The molecule has 10 heteroatoms. The van der Waals surface area contributed by atoms with Crippen molar-refractivity contribution in [3.8, 4) is 5.75 Å². The zero-order valence-corrected chi connectivity index (χ0v) is 21.3. The number of likely N-dealkylation sites (tertiary alicyclic amines) is 1. The molecular weight excluding hydrogens is 487 g/mol. The molecule has 0 radical (unpaired) electrons. The molecule has 2 aromatic rings. The van der Waals surface area contributed by atoms with E-state index in [0.717, 1.165) is 0 Å². The third-order valence-electron chi connectivity index (χ3n) is 7.30. The highest BCUT2D eigenvalue weighted by Gasteiger charge is 2.60. The molecule has 0 bridgehead atoms. The standard InChI is InChI=1S/C26H31FN2O6S/c1-3-12-29-25(28-13-10-19(11-14-28)24(30)18-4-6-20(27)7-5-18)26(34-15-16-35-26)22-9-8-21(33-2)17-23(22)36(29,31)32/h4-9,17,19,25H,3,10-16H2,1-2H3. The second-order valence-corrected chi connectivity index (χ2v) is 11.3. The molecule has 3 aliphatic rings. The van der Waals surface area contributed by atoms with E-state index in [1.807, 2.05) is 6.92 Å². The first-order chi connectivity index (χ1) is 17.3. The van der Waals surface area contributed by atoms with E-state index in [0.29, 0.717) is 69.0 Å². The third-order valence-corrected chi connectivity index (χ3v) is 9.19. The Morgan fingerprint density at radius 3 is 2.39 bits per heavy atom. The quantitative estimate of drug-likeness (QED) is 0.542. The van der Waals surface area contributed by atoms with Gasteiger partial charge in [-0.15, -0.1) is 0 Å². The molecule has 0 aliphatic carbocycles. The van der Waals surface area contributed by atoms with Crippen molar-refractivity contribution in [1.29, 1.82) is 0 Å². The van der Waals surface area contributed by atoms with E-state index in [1.165, 1.54) is 41.7 Å². The summed E-state index contributed by atoms with van der Waals surface area (Å²) in [6.45, 7) is 3.93. The molecular formula is C26H31FN2O6S. The van der Waals surface area contributed by atoms with Gasteiger partial charge in [-0.25, -0.2) is 12.8 Å². The summed E-state index contributed by atoms with van der Waals surface area (Å²) in [5, 5.41) is 0. The van der Waals surface area contributed by atoms with Crippen molar-refractivity contribution >= 4 is 15.8 Å². The van der Waals surface area contributed by atoms with Gasteiger partial charge in [-0.2, -0.15) is 4.31 Å². The van der Waals surface area contributed by atoms with Crippen LogP contribution in [0.2, 0.25) is 0 Å². The molecule has 0 saturated carbocycles. The Hall–Kier alpha value is -2.37. The molecule has 1 unspecified atom stereocenters. The van der Waals surface area contributed by atoms with E-state index in [2.05, 4.69) is 4.90 Å². The van der Waals surface area contributed by atoms with Crippen LogP contribution in [0.3, 0.4) is 0 Å². The molecule has 8 nitrogen and oxygen atoms in total. The molecule has 0 aromatic heterocycles. The average Bonchev–Trinajstić information content (AvgIpc) is 3.38. The maximum atomic E-state index is 13.9. The zero-order chi connectivity index (χ0) is 25.5. The van der Waals surface area contributed by atoms with Gasteiger partial charge < -0.3 is 14.2 Å². The summed E-state index contributed by atoms with van der Waals surface area (Å²) in [6.07, 6.45) is 1.02. The number of piperidine rings is 1. The van der Waals surface area contributed by atoms with Gasteiger partial charge in [-0.3, -0.25) is 9.69 Å². The number of hydrogen-bond donors (Lipinski definition) is 0. The number of ketones is 1. The summed E-state index contributed by atoms with van der Waals surface area (Å²) in [6, 6.07) is 10.6. The Morgan fingerprint density at radius 2 is 1.78 bits per heavy atom. The number of sulfonamides is 1. The Labute approximate surface area is 211 Å². The molecule has 1 spiro atoms. The predicted octanol–water partition coefficient (Wildman–Crippen LogP) is 3.37. The summed E-state index contributed by atoms with van der Waals surface area (Å²) >= 11 is 0. The van der Waals surface area contributed by atoms with E-state index in [-0.39, 0.29) is 22.4 Å². The first-order valence-electron chi connectivity index (χ1n) is 12.3. The topological polar surface area (TPSA) is 85.4 Å². The van der Waals surface area contributed by atoms with Crippen LogP contribution in [-0.4, -0.2) is 69.5 Å². The highest BCUT2D eigenvalue weighted by Crippen LogP contribution is 2.49. The number of Topliss-reactive ketones (excluding diaryl/α,β-unsaturated/α-hetero) is 1. The van der Waals surface area contributed by atoms with E-state index in [4.69, 9.17) is 14.2 Å². The number of fused-ring (bicyclic) bond motifs is 2. The molecule has 5 rings (SSSR count). The highest BCUT2D eigenvalue weighted by atomic mass is 32.2. The summed E-state index contributed by atoms with van der Waals surface area (Å²) < 4.78 is 60.4. The van der Waals surface area contributed by atoms with E-state index in [1.54, 1.807) is 12.1 Å². The van der Waals surface area contributed by atoms with Crippen LogP contribution in [0.1, 0.15) is 42.1 Å². The van der Waals surface area contributed by atoms with Crippen LogP contribution >= 0.6 is 0 Å². The number of benzene rings is 2. The summed E-state index contributed by atoms with van der Waals surface area (Å²) in [7, 11) is -2.37. The van der Waals surface area contributed by atoms with Gasteiger partial charge in [0.1, 0.15) is 17.7 Å². The minimum atomic E-state index is -3.87. The van der Waals surface area contributed by atoms with Crippen LogP contribution < -0.4 is 4.74 Å². The molecule has 3 heterocycles. The minimum Gasteiger partial charge on any atom is -0.497 e. The van der Waals surface area contributed by atoms with Gasteiger partial charge >= 0.3 is 0 Å². The molecule has 2 aromatic carbocycles. The lowest BCUT2D eigenvalue weighted by atomic mass is 9.88. The largest absolute Gasteiger partial charge is 0.497 e. The van der Waals surface area contributed by atoms with Crippen molar-refractivity contribution in [2.75, 3.05) is 40.0 Å². The molecule has 0 amide bonds. The van der Waals surface area contributed by atoms with Gasteiger partial charge in [-0.1, -0.05) is 6.92 Å². The Bertz CT molecular complexity index is 1220. The lowest BCUT2D eigenvalue weighted by molar-refractivity contribution is -0.243. The number of methoxy groups -OCH3 is 1. The second kappa shape index (κ2) is 9.83. The predicted molar refractivity (Wildman–Crippen MR) is 130 cm³/mol. The average molecular weight is 519 g/mol. The van der Waals surface area contributed by atoms with Gasteiger partial charge in [-0.05, 0) is 55.7 Å². The Kier molecular flexibility index (Phi) is 6.90. The SMILES string of the molecule is CCCN1C(N2CCC(C(=O)c3ccc(F)cc3)CC2)C2(OCCO2)c2ccc(OC)cc2S1(=O)=O. The van der Waals surface area contributed by atoms with Crippen molar-refractivity contribution in [2.24, 2.45) is 5.92 Å². The van der Waals surface area contributed by atoms with Gasteiger partial charge in [0.05, 0.1) is 25.2 Å². The zero-order valence-electron chi connectivity index (χ0n) is 20.5. The fraction of sp³-hybridized carbons (Fsp3) is 0.500. The third kappa shape index (κ3) is 4.14. The number of halogens is 1. The van der Waals surface area contributed by atoms with E-state index >= 15 is 0 Å². The second-order valence-electron chi connectivity index (χ2n) is 9.40. The normalized spacial score (nSPS) is 24.0. The smallest absolute Gasteiger partial charge is 0.245 e. The number of nitrogens with zero attached hydrogens (tertiary/aromatic N) is 2. The van der Waals surface area contributed by atoms with Crippen molar-refractivity contribution in [2.45, 2.75) is 43.0 Å². The van der Waals surface area contributed by atoms with E-state index < -0.39 is 22.0 Å². The Balaban J connectivity index is 1.48. The molecule has 2 fully saturated rings. The van der Waals surface area contributed by atoms with Crippen molar-refractivity contribution in [3.63, 3.8) is 0 Å². The van der Waals surface area contributed by atoms with Gasteiger partial charge in [0, 0.05) is 42.7 Å². The lowest BCUT2D eigenvalue weighted by Gasteiger charge is -2.51. The van der Waals surface area contributed by atoms with Crippen LogP contribution in [0.5, 0.6) is 5.75 Å². The molecule has 0 N–H and O–H groups in total. The summed E-state index contributed by atoms with van der Waals surface area (Å²) in [4.78, 5) is 15.2. The number of rotatable bonds is 6. The van der Waals surface area contributed by atoms with Gasteiger partial charge in [0.15, 0.2) is 5.78 Å². The van der Waals surface area contributed by atoms with Crippen LogP contribution in [0.4, 0.5) is 4.39 Å². The maximum Gasteiger partial charge on any atom is 0.245 e. The summed E-state index contributed by atoms with van der Waals surface area (Å²) in [5.41, 5.74) is 0.965. The van der Waals surface area contributed by atoms with Crippen LogP contribution in [0.25, 0.3) is 0 Å². The van der Waals surface area contributed by atoms with Crippen LogP contribution in [-0.2, 0) is 25.3 Å². The first kappa shape index (κ1) is 25.3. The molecule has 1 atom stereocenters. The monoisotopic (exact) mass is 518 g/mol. The fourth-order valence-electron chi connectivity index (χ4n) is 5.59. The first-order valence-corrected chi connectivity index (χ1v) is 13.8. The molecule has 36 heavy (non-hydrogen) atoms. The molecule has 2 saturated heterocycles. The van der Waals surface area contributed by atoms with Crippen molar-refractivity contribution < 1.29 is 31.8 Å². The maximum absolute atomic E-state index is 13.9. The number of hydrogen-bond acceptors (Lipinski definition) is 7. The Morgan fingerprint density at radius 1 is 1.11 bits per heavy atom. The number of carbonyl (C=O) groups excluding carboxylic acids is 1. The van der Waals surface area contributed by atoms with Crippen molar-refractivity contribution in [3.05, 3.63) is 59.4 Å². The minimum absolute atomic E-state index is 0.0168.